The summed E-state index contributed by atoms with van der Waals surface area (Å²) in [7, 11) is 0. The van der Waals surface area contributed by atoms with Crippen LogP contribution in [0.5, 0.6) is 0 Å². The molecule has 0 aliphatic carbocycles. The van der Waals surface area contributed by atoms with Crippen molar-refractivity contribution in [1.82, 2.24) is 4.98 Å². The number of amides is 1. The summed E-state index contributed by atoms with van der Waals surface area (Å²) in [6.07, 6.45) is 1.82. The van der Waals surface area contributed by atoms with Crippen LogP contribution >= 0.6 is 31.9 Å². The maximum atomic E-state index is 12.1. The van der Waals surface area contributed by atoms with Gasteiger partial charge in [0.25, 0.3) is 5.91 Å². The smallest absolute Gasteiger partial charge is 0.256 e. The fourth-order valence-corrected chi connectivity index (χ4v) is 3.01. The highest BCUT2D eigenvalue weighted by molar-refractivity contribution is 9.13. The monoisotopic (exact) mass is 395 g/mol. The third-order valence-electron chi connectivity index (χ3n) is 3.20. The van der Waals surface area contributed by atoms with Crippen LogP contribution < -0.4 is 11.1 Å². The van der Waals surface area contributed by atoms with Gasteiger partial charge in [-0.1, -0.05) is 0 Å². The lowest BCUT2D eigenvalue weighted by atomic mass is 10.1. The number of fused-ring (bicyclic) bond motifs is 1. The number of hydrogen-bond donors (Lipinski definition) is 3. The number of carbonyl (C=O) groups is 1. The van der Waals surface area contributed by atoms with Gasteiger partial charge >= 0.3 is 0 Å². The van der Waals surface area contributed by atoms with Crippen molar-refractivity contribution < 1.29 is 4.79 Å². The van der Waals surface area contributed by atoms with Crippen molar-refractivity contribution in [2.45, 2.75) is 6.92 Å². The fraction of sp³-hybridized carbons (Fsp3) is 0.0714. The molecule has 1 amide bonds. The molecule has 0 saturated carbocycles. The third-order valence-corrected chi connectivity index (χ3v) is 5.54. The van der Waals surface area contributed by atoms with Gasteiger partial charge in [0.2, 0.25) is 0 Å². The van der Waals surface area contributed by atoms with Crippen LogP contribution in [0.3, 0.4) is 0 Å². The molecule has 0 bridgehead atoms. The summed E-state index contributed by atoms with van der Waals surface area (Å²) < 4.78 is 1.85. The van der Waals surface area contributed by atoms with Crippen molar-refractivity contribution in [1.29, 1.82) is 0 Å². The number of anilines is 2. The van der Waals surface area contributed by atoms with Gasteiger partial charge in [0.1, 0.15) is 0 Å². The standard InChI is InChI=1S/C14H11Br2N3O/c1-6-12(15)13(16)11(18-6)5-9-8-4-7(17)2-3-10(8)19-14(9)20/h2-5,18H,17H2,1H3,(H,19,20). The van der Waals surface area contributed by atoms with Crippen LogP contribution in [0, 0.1) is 6.92 Å². The maximum Gasteiger partial charge on any atom is 0.256 e. The minimum atomic E-state index is -0.124. The van der Waals surface area contributed by atoms with Gasteiger partial charge in [-0.25, -0.2) is 0 Å². The van der Waals surface area contributed by atoms with Crippen LogP contribution in [0.15, 0.2) is 27.1 Å². The molecule has 2 heterocycles. The van der Waals surface area contributed by atoms with E-state index >= 15 is 0 Å². The average Bonchev–Trinajstić information content (AvgIpc) is 2.83. The molecule has 0 fully saturated rings. The van der Waals surface area contributed by atoms with E-state index in [-0.39, 0.29) is 5.91 Å². The molecule has 4 nitrogen and oxygen atoms in total. The van der Waals surface area contributed by atoms with Gasteiger partial charge < -0.3 is 16.0 Å². The molecule has 2 aromatic rings. The van der Waals surface area contributed by atoms with Gasteiger partial charge in [-0.2, -0.15) is 0 Å². The maximum absolute atomic E-state index is 12.1. The topological polar surface area (TPSA) is 70.9 Å². The van der Waals surface area contributed by atoms with Crippen LogP contribution in [-0.4, -0.2) is 10.9 Å². The Morgan fingerprint density at radius 3 is 2.65 bits per heavy atom. The highest BCUT2D eigenvalue weighted by atomic mass is 79.9. The lowest BCUT2D eigenvalue weighted by molar-refractivity contribution is -0.110. The van der Waals surface area contributed by atoms with Crippen molar-refractivity contribution >= 4 is 60.8 Å². The zero-order valence-electron chi connectivity index (χ0n) is 10.6. The Labute approximate surface area is 132 Å². The lowest BCUT2D eigenvalue weighted by Gasteiger charge is -2.00. The summed E-state index contributed by atoms with van der Waals surface area (Å²) in [5.74, 6) is -0.124. The Balaban J connectivity index is 2.15. The van der Waals surface area contributed by atoms with Crippen LogP contribution in [0.4, 0.5) is 11.4 Å². The van der Waals surface area contributed by atoms with Gasteiger partial charge in [-0.3, -0.25) is 4.79 Å². The number of aromatic nitrogens is 1. The number of hydrogen-bond acceptors (Lipinski definition) is 2. The molecular weight excluding hydrogens is 386 g/mol. The summed E-state index contributed by atoms with van der Waals surface area (Å²) in [6, 6.07) is 5.39. The molecule has 0 spiro atoms. The number of halogens is 2. The van der Waals surface area contributed by atoms with Gasteiger partial charge in [0.15, 0.2) is 0 Å². The van der Waals surface area contributed by atoms with E-state index in [2.05, 4.69) is 42.2 Å². The first-order valence-corrected chi connectivity index (χ1v) is 7.52. The molecule has 20 heavy (non-hydrogen) atoms. The van der Waals surface area contributed by atoms with E-state index in [4.69, 9.17) is 5.73 Å². The number of rotatable bonds is 1. The first kappa shape index (κ1) is 13.5. The van der Waals surface area contributed by atoms with Crippen molar-refractivity contribution in [2.24, 2.45) is 0 Å². The van der Waals surface area contributed by atoms with E-state index in [1.54, 1.807) is 12.1 Å². The first-order valence-electron chi connectivity index (χ1n) is 5.94. The summed E-state index contributed by atoms with van der Waals surface area (Å²) in [4.78, 5) is 15.3. The second kappa shape index (κ2) is 4.79. The van der Waals surface area contributed by atoms with Crippen LogP contribution in [0.1, 0.15) is 17.0 Å². The summed E-state index contributed by atoms with van der Waals surface area (Å²) >= 11 is 6.98. The molecule has 1 aliphatic heterocycles. The van der Waals surface area contributed by atoms with Gasteiger partial charge in [-0.05, 0) is 63.1 Å². The molecule has 1 aromatic carbocycles. The minimum Gasteiger partial charge on any atom is -0.399 e. The van der Waals surface area contributed by atoms with Crippen LogP contribution in [-0.2, 0) is 4.79 Å². The lowest BCUT2D eigenvalue weighted by Crippen LogP contribution is -2.03. The molecule has 6 heteroatoms. The van der Waals surface area contributed by atoms with Gasteiger partial charge in [0.05, 0.1) is 20.2 Å². The predicted octanol–water partition coefficient (Wildman–Crippen LogP) is 3.92. The Morgan fingerprint density at radius 2 is 2.00 bits per heavy atom. The highest BCUT2D eigenvalue weighted by Crippen LogP contribution is 2.37. The first-order chi connectivity index (χ1) is 9.47. The summed E-state index contributed by atoms with van der Waals surface area (Å²) in [5, 5.41) is 2.83. The van der Waals surface area contributed by atoms with E-state index < -0.39 is 0 Å². The molecular formula is C14H11Br2N3O. The number of nitrogens with two attached hydrogens (primary N) is 1. The highest BCUT2D eigenvalue weighted by Gasteiger charge is 2.25. The number of aromatic amines is 1. The molecule has 1 aromatic heterocycles. The number of aryl methyl sites for hydroxylation is 1. The Morgan fingerprint density at radius 1 is 1.25 bits per heavy atom. The number of H-pyrrole nitrogens is 1. The zero-order valence-corrected chi connectivity index (χ0v) is 13.7. The van der Waals surface area contributed by atoms with E-state index in [0.29, 0.717) is 11.3 Å². The Kier molecular flexibility index (Phi) is 3.22. The van der Waals surface area contributed by atoms with E-state index in [1.807, 2.05) is 19.1 Å². The van der Waals surface area contributed by atoms with Gasteiger partial charge in [0, 0.05) is 22.6 Å². The predicted molar refractivity (Wildman–Crippen MR) is 88.3 cm³/mol. The summed E-state index contributed by atoms with van der Waals surface area (Å²) in [6.45, 7) is 1.96. The molecule has 0 unspecified atom stereocenters. The summed E-state index contributed by atoms with van der Waals surface area (Å²) in [5.41, 5.74) is 10.5. The molecule has 1 aliphatic rings. The van der Waals surface area contributed by atoms with Crippen molar-refractivity contribution in [2.75, 3.05) is 11.1 Å². The zero-order chi connectivity index (χ0) is 14.4. The van der Waals surface area contributed by atoms with E-state index in [9.17, 15) is 4.79 Å². The van der Waals surface area contributed by atoms with Gasteiger partial charge in [-0.15, -0.1) is 0 Å². The largest absolute Gasteiger partial charge is 0.399 e. The number of nitrogens with one attached hydrogen (secondary N) is 2. The van der Waals surface area contributed by atoms with Crippen LogP contribution in [0.25, 0.3) is 11.6 Å². The molecule has 3 rings (SSSR count). The van der Waals surface area contributed by atoms with Crippen molar-refractivity contribution in [3.05, 3.63) is 44.1 Å². The number of carbonyl (C=O) groups excluding carboxylic acids is 1. The quantitative estimate of drug-likeness (QED) is 0.504. The Bertz CT molecular complexity index is 762. The third kappa shape index (κ3) is 2.09. The number of benzene rings is 1. The molecule has 0 saturated heterocycles. The van der Waals surface area contributed by atoms with E-state index in [1.165, 1.54) is 0 Å². The molecule has 4 N–H and O–H groups in total. The van der Waals surface area contributed by atoms with E-state index in [0.717, 1.165) is 31.6 Å². The SMILES string of the molecule is Cc1[nH]c(C=C2C(=O)Nc3ccc(N)cc32)c(Br)c1Br. The molecule has 0 radical (unpaired) electrons. The molecule has 0 atom stereocenters. The average molecular weight is 397 g/mol. The van der Waals surface area contributed by atoms with Crippen molar-refractivity contribution in [3.63, 3.8) is 0 Å². The minimum absolute atomic E-state index is 0.124. The normalized spacial score (nSPS) is 15.6. The van der Waals surface area contributed by atoms with Crippen molar-refractivity contribution in [3.8, 4) is 0 Å². The Hall–Kier alpha value is -1.53. The molecule has 102 valence electrons. The number of nitrogen functional groups attached to an aromatic ring is 1. The fourth-order valence-electron chi connectivity index (χ4n) is 2.19. The van der Waals surface area contributed by atoms with Crippen LogP contribution in [0.2, 0.25) is 0 Å². The second-order valence-electron chi connectivity index (χ2n) is 4.61. The second-order valence-corrected chi connectivity index (χ2v) is 6.19.